The molecule has 0 aliphatic carbocycles. The maximum atomic E-state index is 13.1. The smallest absolute Gasteiger partial charge is 0.322 e. The molecule has 0 fully saturated rings. The van der Waals surface area contributed by atoms with E-state index in [1.807, 2.05) is 22.6 Å². The number of amides is 1. The van der Waals surface area contributed by atoms with E-state index in [0.717, 1.165) is 8.95 Å². The number of nitrogens with one attached hydrogen (secondary N) is 1. The summed E-state index contributed by atoms with van der Waals surface area (Å²) in [6.45, 7) is 0. The Bertz CT molecular complexity index is 653. The highest BCUT2D eigenvalue weighted by Crippen LogP contribution is 2.33. The standard InChI is InChI=1S/C12H6F4INOS/c13-9-2-1-7(4-8(9)12(14,15)16)18-11(19)6-3-10(17)20-5-6/h1-5H,(H,18,19). The predicted molar refractivity (Wildman–Crippen MR) is 76.4 cm³/mol. The van der Waals surface area contributed by atoms with Crippen molar-refractivity contribution >= 4 is 45.5 Å². The van der Waals surface area contributed by atoms with E-state index in [4.69, 9.17) is 0 Å². The molecule has 1 N–H and O–H groups in total. The molecule has 0 unspecified atom stereocenters. The Morgan fingerprint density at radius 1 is 1.25 bits per heavy atom. The third kappa shape index (κ3) is 3.48. The van der Waals surface area contributed by atoms with Crippen LogP contribution in [0, 0.1) is 8.70 Å². The fraction of sp³-hybridized carbons (Fsp3) is 0.0833. The van der Waals surface area contributed by atoms with Crippen LogP contribution in [0.25, 0.3) is 0 Å². The van der Waals surface area contributed by atoms with Gasteiger partial charge in [0.1, 0.15) is 5.82 Å². The van der Waals surface area contributed by atoms with Gasteiger partial charge < -0.3 is 5.32 Å². The summed E-state index contributed by atoms with van der Waals surface area (Å²) in [5.41, 5.74) is -1.17. The van der Waals surface area contributed by atoms with Crippen LogP contribution >= 0.6 is 33.9 Å². The van der Waals surface area contributed by atoms with Crippen LogP contribution in [0.4, 0.5) is 23.2 Å². The third-order valence-electron chi connectivity index (χ3n) is 2.36. The maximum Gasteiger partial charge on any atom is 0.419 e. The first kappa shape index (κ1) is 15.2. The molecule has 20 heavy (non-hydrogen) atoms. The minimum atomic E-state index is -4.80. The SMILES string of the molecule is O=C(Nc1ccc(F)c(C(F)(F)F)c1)c1csc(I)c1. The van der Waals surface area contributed by atoms with Gasteiger partial charge in [0.05, 0.1) is 14.0 Å². The Hall–Kier alpha value is -1.16. The molecule has 8 heteroatoms. The molecule has 0 aliphatic rings. The molecule has 1 aromatic heterocycles. The molecule has 1 aromatic carbocycles. The second-order valence-electron chi connectivity index (χ2n) is 3.79. The molecular formula is C12H6F4INOS. The van der Waals surface area contributed by atoms with Gasteiger partial charge in [-0.15, -0.1) is 11.3 Å². The van der Waals surface area contributed by atoms with Crippen LogP contribution in [0.1, 0.15) is 15.9 Å². The molecule has 0 saturated carbocycles. The van der Waals surface area contributed by atoms with Crippen molar-refractivity contribution in [1.29, 1.82) is 0 Å². The van der Waals surface area contributed by atoms with Gasteiger partial charge in [-0.05, 0) is 46.9 Å². The van der Waals surface area contributed by atoms with Gasteiger partial charge in [0.25, 0.3) is 5.91 Å². The molecule has 0 spiro atoms. The topological polar surface area (TPSA) is 29.1 Å². The van der Waals surface area contributed by atoms with Crippen LogP contribution in [0.3, 0.4) is 0 Å². The fourth-order valence-corrected chi connectivity index (χ4v) is 2.78. The van der Waals surface area contributed by atoms with Crippen LogP contribution in [-0.4, -0.2) is 5.91 Å². The molecule has 0 bridgehead atoms. The lowest BCUT2D eigenvalue weighted by atomic mass is 10.1. The molecule has 0 atom stereocenters. The number of benzene rings is 1. The van der Waals surface area contributed by atoms with Gasteiger partial charge in [0, 0.05) is 11.1 Å². The van der Waals surface area contributed by atoms with E-state index in [1.54, 1.807) is 11.4 Å². The zero-order valence-corrected chi connectivity index (χ0v) is 12.6. The quantitative estimate of drug-likeness (QED) is 0.556. The first-order valence-electron chi connectivity index (χ1n) is 5.19. The van der Waals surface area contributed by atoms with Gasteiger partial charge in [-0.1, -0.05) is 0 Å². The lowest BCUT2D eigenvalue weighted by Gasteiger charge is -2.10. The largest absolute Gasteiger partial charge is 0.419 e. The summed E-state index contributed by atoms with van der Waals surface area (Å²) < 4.78 is 51.6. The molecular weight excluding hydrogens is 409 g/mol. The average Bonchev–Trinajstić information content (AvgIpc) is 2.77. The van der Waals surface area contributed by atoms with Crippen LogP contribution in [0.15, 0.2) is 29.6 Å². The molecule has 1 amide bonds. The number of hydrogen-bond acceptors (Lipinski definition) is 2. The van der Waals surface area contributed by atoms with Gasteiger partial charge >= 0.3 is 6.18 Å². The molecule has 106 valence electrons. The normalized spacial score (nSPS) is 11.4. The van der Waals surface area contributed by atoms with Crippen molar-refractivity contribution in [2.24, 2.45) is 0 Å². The Balaban J connectivity index is 2.24. The van der Waals surface area contributed by atoms with E-state index in [9.17, 15) is 22.4 Å². The lowest BCUT2D eigenvalue weighted by molar-refractivity contribution is -0.139. The fourth-order valence-electron chi connectivity index (χ4n) is 1.45. The molecule has 2 nitrogen and oxygen atoms in total. The number of alkyl halides is 3. The number of halogens is 5. The summed E-state index contributed by atoms with van der Waals surface area (Å²) in [7, 11) is 0. The van der Waals surface area contributed by atoms with E-state index in [2.05, 4.69) is 5.32 Å². The highest BCUT2D eigenvalue weighted by molar-refractivity contribution is 14.1. The zero-order chi connectivity index (χ0) is 14.9. The monoisotopic (exact) mass is 415 g/mol. The molecule has 2 aromatic rings. The Labute approximate surface area is 128 Å². The van der Waals surface area contributed by atoms with Gasteiger partial charge in [-0.25, -0.2) is 4.39 Å². The zero-order valence-electron chi connectivity index (χ0n) is 9.59. The van der Waals surface area contributed by atoms with Crippen molar-refractivity contribution in [2.75, 3.05) is 5.32 Å². The van der Waals surface area contributed by atoms with Crippen LogP contribution in [0.2, 0.25) is 0 Å². The molecule has 0 radical (unpaired) electrons. The van der Waals surface area contributed by atoms with Crippen LogP contribution in [0.5, 0.6) is 0 Å². The highest BCUT2D eigenvalue weighted by Gasteiger charge is 2.34. The maximum absolute atomic E-state index is 13.1. The second-order valence-corrected chi connectivity index (χ2v) is 6.59. The summed E-state index contributed by atoms with van der Waals surface area (Å²) in [5, 5.41) is 3.90. The molecule has 1 heterocycles. The summed E-state index contributed by atoms with van der Waals surface area (Å²) in [6.07, 6.45) is -4.80. The minimum absolute atomic E-state index is 0.107. The first-order valence-corrected chi connectivity index (χ1v) is 7.15. The van der Waals surface area contributed by atoms with E-state index in [-0.39, 0.29) is 5.69 Å². The Morgan fingerprint density at radius 3 is 2.50 bits per heavy atom. The highest BCUT2D eigenvalue weighted by atomic mass is 127. The third-order valence-corrected chi connectivity index (χ3v) is 4.15. The van der Waals surface area contributed by atoms with Gasteiger partial charge in [0.15, 0.2) is 0 Å². The van der Waals surface area contributed by atoms with Crippen LogP contribution < -0.4 is 5.32 Å². The molecule has 0 saturated heterocycles. The van der Waals surface area contributed by atoms with Gasteiger partial charge in [-0.3, -0.25) is 4.79 Å². The van der Waals surface area contributed by atoms with E-state index in [1.165, 1.54) is 11.3 Å². The number of rotatable bonds is 2. The van der Waals surface area contributed by atoms with Crippen molar-refractivity contribution in [2.45, 2.75) is 6.18 Å². The molecule has 2 rings (SSSR count). The van der Waals surface area contributed by atoms with Crippen molar-refractivity contribution < 1.29 is 22.4 Å². The number of anilines is 1. The van der Waals surface area contributed by atoms with E-state index in [0.29, 0.717) is 17.7 Å². The minimum Gasteiger partial charge on any atom is -0.322 e. The van der Waals surface area contributed by atoms with Gasteiger partial charge in [-0.2, -0.15) is 13.2 Å². The van der Waals surface area contributed by atoms with Crippen molar-refractivity contribution in [3.63, 3.8) is 0 Å². The summed E-state index contributed by atoms with van der Waals surface area (Å²) >= 11 is 3.36. The van der Waals surface area contributed by atoms with E-state index >= 15 is 0 Å². The number of carbonyl (C=O) groups excluding carboxylic acids is 1. The summed E-state index contributed by atoms with van der Waals surface area (Å²) in [4.78, 5) is 11.8. The molecule has 0 aliphatic heterocycles. The number of carbonyl (C=O) groups is 1. The second kappa shape index (κ2) is 5.68. The summed E-state index contributed by atoms with van der Waals surface area (Å²) in [5.74, 6) is -1.91. The number of thiophene rings is 1. The van der Waals surface area contributed by atoms with Crippen molar-refractivity contribution in [1.82, 2.24) is 0 Å². The van der Waals surface area contributed by atoms with Crippen LogP contribution in [-0.2, 0) is 6.18 Å². The van der Waals surface area contributed by atoms with E-state index < -0.39 is 23.5 Å². The lowest BCUT2D eigenvalue weighted by Crippen LogP contribution is -2.13. The predicted octanol–water partition coefficient (Wildman–Crippen LogP) is 4.76. The first-order chi connectivity index (χ1) is 9.27. The Kier molecular flexibility index (Phi) is 4.33. The Morgan fingerprint density at radius 2 is 1.95 bits per heavy atom. The van der Waals surface area contributed by atoms with Crippen molar-refractivity contribution in [3.8, 4) is 0 Å². The van der Waals surface area contributed by atoms with Gasteiger partial charge in [0.2, 0.25) is 0 Å². The average molecular weight is 415 g/mol. The number of hydrogen-bond donors (Lipinski definition) is 1. The van der Waals surface area contributed by atoms with Crippen molar-refractivity contribution in [3.05, 3.63) is 49.5 Å². The summed E-state index contributed by atoms with van der Waals surface area (Å²) in [6, 6.07) is 3.94.